The lowest BCUT2D eigenvalue weighted by Gasteiger charge is -2.10. The second kappa shape index (κ2) is 4.22. The monoisotopic (exact) mass is 287 g/mol. The van der Waals surface area contributed by atoms with E-state index in [9.17, 15) is 0 Å². The molecular formula is C13H10BrN3. The Hall–Kier alpha value is -1.81. The van der Waals surface area contributed by atoms with E-state index in [0.717, 1.165) is 21.1 Å². The maximum atomic E-state index is 4.37. The molecule has 0 bridgehead atoms. The minimum atomic E-state index is 0.847. The van der Waals surface area contributed by atoms with Gasteiger partial charge >= 0.3 is 0 Å². The van der Waals surface area contributed by atoms with Crippen LogP contribution in [0.1, 0.15) is 0 Å². The van der Waals surface area contributed by atoms with Gasteiger partial charge in [0.15, 0.2) is 5.82 Å². The van der Waals surface area contributed by atoms with Gasteiger partial charge in [-0.2, -0.15) is 0 Å². The number of anilines is 1. The zero-order chi connectivity index (χ0) is 11.7. The summed E-state index contributed by atoms with van der Waals surface area (Å²) in [6, 6.07) is 12.0. The molecule has 2 aromatic heterocycles. The third-order valence-corrected chi connectivity index (χ3v) is 3.28. The number of hydrogen-bond donors (Lipinski definition) is 1. The predicted molar refractivity (Wildman–Crippen MR) is 72.9 cm³/mol. The van der Waals surface area contributed by atoms with Gasteiger partial charge in [-0.1, -0.05) is 28.1 Å². The summed E-state index contributed by atoms with van der Waals surface area (Å²) in [7, 11) is 0. The third-order valence-electron chi connectivity index (χ3n) is 2.59. The molecule has 0 saturated carbocycles. The SMILES string of the molecule is Brc1cccc2c(Nn3cccc3)nccc12. The predicted octanol–water partition coefficient (Wildman–Crippen LogP) is 3.67. The molecule has 0 amide bonds. The molecule has 0 atom stereocenters. The van der Waals surface area contributed by atoms with Crippen molar-refractivity contribution in [2.45, 2.75) is 0 Å². The summed E-state index contributed by atoms with van der Waals surface area (Å²) in [5.74, 6) is 0.847. The van der Waals surface area contributed by atoms with Crippen LogP contribution in [0.3, 0.4) is 0 Å². The minimum Gasteiger partial charge on any atom is -0.278 e. The summed E-state index contributed by atoms with van der Waals surface area (Å²) >= 11 is 3.55. The highest BCUT2D eigenvalue weighted by atomic mass is 79.9. The van der Waals surface area contributed by atoms with Gasteiger partial charge in [0, 0.05) is 33.8 Å². The van der Waals surface area contributed by atoms with Crippen LogP contribution in [0.4, 0.5) is 5.82 Å². The number of rotatable bonds is 2. The summed E-state index contributed by atoms with van der Waals surface area (Å²) < 4.78 is 2.95. The Kier molecular flexibility index (Phi) is 2.57. The van der Waals surface area contributed by atoms with Crippen LogP contribution in [0, 0.1) is 0 Å². The van der Waals surface area contributed by atoms with Crippen molar-refractivity contribution in [1.29, 1.82) is 0 Å². The van der Waals surface area contributed by atoms with E-state index in [4.69, 9.17) is 0 Å². The number of hydrogen-bond acceptors (Lipinski definition) is 2. The molecule has 0 saturated heterocycles. The highest BCUT2D eigenvalue weighted by Gasteiger charge is 2.04. The number of pyridine rings is 1. The first kappa shape index (κ1) is 10.4. The van der Waals surface area contributed by atoms with Crippen molar-refractivity contribution in [3.05, 3.63) is 59.5 Å². The Morgan fingerprint density at radius 1 is 1.00 bits per heavy atom. The summed E-state index contributed by atoms with van der Waals surface area (Å²) in [5.41, 5.74) is 3.24. The van der Waals surface area contributed by atoms with Crippen molar-refractivity contribution >= 4 is 32.5 Å². The van der Waals surface area contributed by atoms with E-state index in [1.165, 1.54) is 0 Å². The standard InChI is InChI=1S/C13H10BrN3/c14-12-5-3-4-11-10(12)6-7-15-13(11)16-17-8-1-2-9-17/h1-9H,(H,15,16). The fraction of sp³-hybridized carbons (Fsp3) is 0. The van der Waals surface area contributed by atoms with Crippen LogP contribution >= 0.6 is 15.9 Å². The fourth-order valence-corrected chi connectivity index (χ4v) is 2.29. The number of nitrogens with one attached hydrogen (secondary N) is 1. The van der Waals surface area contributed by atoms with Gasteiger partial charge in [-0.25, -0.2) is 4.98 Å². The van der Waals surface area contributed by atoms with Gasteiger partial charge in [-0.3, -0.25) is 10.1 Å². The molecule has 84 valence electrons. The molecule has 0 fully saturated rings. The van der Waals surface area contributed by atoms with Gasteiger partial charge in [0.1, 0.15) is 0 Å². The van der Waals surface area contributed by atoms with E-state index in [1.54, 1.807) is 6.20 Å². The molecule has 0 unspecified atom stereocenters. The third kappa shape index (κ3) is 1.91. The Bertz CT molecular complexity index is 647. The van der Waals surface area contributed by atoms with E-state index in [0.29, 0.717) is 0 Å². The van der Waals surface area contributed by atoms with Crippen LogP contribution in [-0.2, 0) is 0 Å². The van der Waals surface area contributed by atoms with E-state index in [2.05, 4.69) is 32.4 Å². The maximum absolute atomic E-state index is 4.37. The first-order valence-electron chi connectivity index (χ1n) is 5.28. The first-order valence-corrected chi connectivity index (χ1v) is 6.07. The molecule has 0 aliphatic heterocycles. The van der Waals surface area contributed by atoms with Crippen molar-refractivity contribution in [1.82, 2.24) is 9.66 Å². The van der Waals surface area contributed by atoms with Crippen LogP contribution in [0.25, 0.3) is 10.8 Å². The largest absolute Gasteiger partial charge is 0.278 e. The van der Waals surface area contributed by atoms with Crippen LogP contribution in [0.2, 0.25) is 0 Å². The quantitative estimate of drug-likeness (QED) is 0.779. The van der Waals surface area contributed by atoms with Crippen molar-refractivity contribution in [3.63, 3.8) is 0 Å². The number of nitrogens with zero attached hydrogens (tertiary/aromatic N) is 2. The van der Waals surface area contributed by atoms with Crippen LogP contribution in [0.5, 0.6) is 0 Å². The normalized spacial score (nSPS) is 10.6. The second-order valence-corrected chi connectivity index (χ2v) is 4.55. The lowest BCUT2D eigenvalue weighted by atomic mass is 10.2. The fourth-order valence-electron chi connectivity index (χ4n) is 1.79. The average molecular weight is 288 g/mol. The van der Waals surface area contributed by atoms with Gasteiger partial charge < -0.3 is 0 Å². The van der Waals surface area contributed by atoms with Crippen molar-refractivity contribution in [3.8, 4) is 0 Å². The number of benzene rings is 1. The highest BCUT2D eigenvalue weighted by molar-refractivity contribution is 9.10. The first-order chi connectivity index (χ1) is 8.34. The Morgan fingerprint density at radius 3 is 2.65 bits per heavy atom. The van der Waals surface area contributed by atoms with Crippen LogP contribution in [0.15, 0.2) is 59.5 Å². The molecule has 0 aliphatic rings. The lowest BCUT2D eigenvalue weighted by Crippen LogP contribution is -2.07. The van der Waals surface area contributed by atoms with Gasteiger partial charge in [0.25, 0.3) is 0 Å². The topological polar surface area (TPSA) is 29.9 Å². The average Bonchev–Trinajstić information content (AvgIpc) is 2.83. The number of fused-ring (bicyclic) bond motifs is 1. The van der Waals surface area contributed by atoms with Crippen molar-refractivity contribution in [2.24, 2.45) is 0 Å². The Labute approximate surface area is 107 Å². The van der Waals surface area contributed by atoms with Crippen molar-refractivity contribution < 1.29 is 0 Å². The van der Waals surface area contributed by atoms with Gasteiger partial charge in [-0.15, -0.1) is 0 Å². The van der Waals surface area contributed by atoms with Gasteiger partial charge in [0.05, 0.1) is 0 Å². The highest BCUT2D eigenvalue weighted by Crippen LogP contribution is 2.27. The number of halogens is 1. The van der Waals surface area contributed by atoms with E-state index in [-0.39, 0.29) is 0 Å². The summed E-state index contributed by atoms with van der Waals surface area (Å²) in [6.07, 6.45) is 5.69. The summed E-state index contributed by atoms with van der Waals surface area (Å²) in [6.45, 7) is 0. The smallest absolute Gasteiger partial charge is 0.152 e. The molecule has 1 N–H and O–H groups in total. The Balaban J connectivity index is 2.14. The summed E-state index contributed by atoms with van der Waals surface area (Å²) in [5, 5.41) is 2.24. The van der Waals surface area contributed by atoms with Gasteiger partial charge in [-0.05, 0) is 24.3 Å². The second-order valence-electron chi connectivity index (χ2n) is 3.70. The molecule has 2 heterocycles. The van der Waals surface area contributed by atoms with Crippen molar-refractivity contribution in [2.75, 3.05) is 5.43 Å². The molecule has 0 spiro atoms. The summed E-state index contributed by atoms with van der Waals surface area (Å²) in [4.78, 5) is 4.37. The molecule has 3 aromatic rings. The molecule has 17 heavy (non-hydrogen) atoms. The zero-order valence-corrected chi connectivity index (χ0v) is 10.6. The molecule has 0 aliphatic carbocycles. The Morgan fingerprint density at radius 2 is 1.82 bits per heavy atom. The zero-order valence-electron chi connectivity index (χ0n) is 8.97. The molecular weight excluding hydrogens is 278 g/mol. The number of aromatic nitrogens is 2. The molecule has 3 rings (SSSR count). The van der Waals surface area contributed by atoms with E-state index in [1.807, 2.05) is 47.4 Å². The van der Waals surface area contributed by atoms with Crippen LogP contribution < -0.4 is 5.43 Å². The minimum absolute atomic E-state index is 0.847. The van der Waals surface area contributed by atoms with Gasteiger partial charge in [0.2, 0.25) is 0 Å². The molecule has 1 aromatic carbocycles. The molecule has 4 heteroatoms. The van der Waals surface area contributed by atoms with E-state index >= 15 is 0 Å². The molecule has 0 radical (unpaired) electrons. The van der Waals surface area contributed by atoms with E-state index < -0.39 is 0 Å². The maximum Gasteiger partial charge on any atom is 0.152 e. The molecule has 3 nitrogen and oxygen atoms in total. The van der Waals surface area contributed by atoms with Crippen LogP contribution in [-0.4, -0.2) is 9.66 Å². The lowest BCUT2D eigenvalue weighted by molar-refractivity contribution is 0.958.